The number of rotatable bonds is 5. The van der Waals surface area contributed by atoms with Crippen LogP contribution in [0.5, 0.6) is 5.88 Å². The van der Waals surface area contributed by atoms with Crippen molar-refractivity contribution in [2.45, 2.75) is 26.4 Å². The van der Waals surface area contributed by atoms with Crippen molar-refractivity contribution in [2.24, 2.45) is 0 Å². The lowest BCUT2D eigenvalue weighted by Gasteiger charge is -2.19. The third-order valence-corrected chi connectivity index (χ3v) is 3.35. The Kier molecular flexibility index (Phi) is 5.96. The molecule has 0 saturated carbocycles. The highest BCUT2D eigenvalue weighted by molar-refractivity contribution is 6.39. The minimum atomic E-state index is -0.541. The number of carbonyl (C=O) groups is 1. The van der Waals surface area contributed by atoms with Gasteiger partial charge in [-0.15, -0.1) is 0 Å². The van der Waals surface area contributed by atoms with Gasteiger partial charge >= 0.3 is 6.09 Å². The number of hydrogen-bond donors (Lipinski definition) is 1. The molecule has 1 heterocycles. The molecule has 6 nitrogen and oxygen atoms in total. The second-order valence-corrected chi connectivity index (χ2v) is 6.72. The quantitative estimate of drug-likeness (QED) is 0.779. The van der Waals surface area contributed by atoms with Crippen LogP contribution in [0.3, 0.4) is 0 Å². The summed E-state index contributed by atoms with van der Waals surface area (Å²) in [6.07, 6.45) is -0.505. The Morgan fingerprint density at radius 3 is 2.58 bits per heavy atom. The lowest BCUT2D eigenvalue weighted by Crippen LogP contribution is -2.34. The molecule has 0 fully saturated rings. The molecule has 0 saturated heterocycles. The zero-order chi connectivity index (χ0) is 17.7. The van der Waals surface area contributed by atoms with Gasteiger partial charge in [-0.1, -0.05) is 29.3 Å². The number of amides is 1. The standard InChI is InChI=1S/C16H18Cl2N2O4/c1-16(2,3)23-15(21)19-7-8-22-13-9-12(24-20-13)14-10(17)5-4-6-11(14)18/h4-6,9H,7-8H2,1-3H3,(H,19,21). The van der Waals surface area contributed by atoms with Crippen molar-refractivity contribution in [3.63, 3.8) is 0 Å². The Morgan fingerprint density at radius 2 is 1.96 bits per heavy atom. The summed E-state index contributed by atoms with van der Waals surface area (Å²) in [5.41, 5.74) is 0.00949. The minimum Gasteiger partial charge on any atom is -0.474 e. The summed E-state index contributed by atoms with van der Waals surface area (Å²) in [5.74, 6) is 0.674. The fourth-order valence-corrected chi connectivity index (χ4v) is 2.38. The zero-order valence-corrected chi connectivity index (χ0v) is 15.1. The summed E-state index contributed by atoms with van der Waals surface area (Å²) < 4.78 is 15.7. The Hall–Kier alpha value is -1.92. The number of alkyl carbamates (subject to hydrolysis) is 1. The average molecular weight is 373 g/mol. The van der Waals surface area contributed by atoms with Gasteiger partial charge < -0.3 is 19.3 Å². The summed E-state index contributed by atoms with van der Waals surface area (Å²) in [7, 11) is 0. The fourth-order valence-electron chi connectivity index (χ4n) is 1.80. The van der Waals surface area contributed by atoms with Crippen molar-refractivity contribution >= 4 is 29.3 Å². The monoisotopic (exact) mass is 372 g/mol. The molecule has 0 aliphatic rings. The molecule has 2 rings (SSSR count). The number of hydrogen-bond acceptors (Lipinski definition) is 5. The summed E-state index contributed by atoms with van der Waals surface area (Å²) in [5, 5.41) is 7.28. The van der Waals surface area contributed by atoms with E-state index in [4.69, 9.17) is 37.2 Å². The number of carbonyl (C=O) groups excluding carboxylic acids is 1. The average Bonchev–Trinajstić information content (AvgIpc) is 2.90. The normalized spacial score (nSPS) is 11.2. The van der Waals surface area contributed by atoms with Gasteiger partial charge in [-0.25, -0.2) is 4.79 Å². The van der Waals surface area contributed by atoms with E-state index >= 15 is 0 Å². The molecular weight excluding hydrogens is 355 g/mol. The second-order valence-electron chi connectivity index (χ2n) is 5.90. The van der Waals surface area contributed by atoms with E-state index in [2.05, 4.69) is 10.5 Å². The molecule has 1 aromatic carbocycles. The first-order chi connectivity index (χ1) is 11.3. The first-order valence-corrected chi connectivity index (χ1v) is 8.02. The van der Waals surface area contributed by atoms with Gasteiger partial charge in [0, 0.05) is 6.07 Å². The molecule has 0 bridgehead atoms. The fraction of sp³-hybridized carbons (Fsp3) is 0.375. The van der Waals surface area contributed by atoms with Crippen LogP contribution in [-0.4, -0.2) is 30.0 Å². The first kappa shape index (κ1) is 18.4. The van der Waals surface area contributed by atoms with Crippen molar-refractivity contribution in [3.05, 3.63) is 34.3 Å². The smallest absolute Gasteiger partial charge is 0.407 e. The number of aromatic nitrogens is 1. The Balaban J connectivity index is 1.86. The highest BCUT2D eigenvalue weighted by Gasteiger charge is 2.16. The molecule has 1 aromatic heterocycles. The molecule has 8 heteroatoms. The van der Waals surface area contributed by atoms with E-state index in [0.29, 0.717) is 21.4 Å². The van der Waals surface area contributed by atoms with E-state index in [-0.39, 0.29) is 19.0 Å². The molecule has 24 heavy (non-hydrogen) atoms. The van der Waals surface area contributed by atoms with E-state index in [1.54, 1.807) is 45.0 Å². The van der Waals surface area contributed by atoms with Crippen molar-refractivity contribution in [2.75, 3.05) is 13.2 Å². The van der Waals surface area contributed by atoms with Crippen LogP contribution in [0.15, 0.2) is 28.8 Å². The van der Waals surface area contributed by atoms with Gasteiger partial charge in [0.2, 0.25) is 0 Å². The third kappa shape index (κ3) is 5.32. The third-order valence-electron chi connectivity index (χ3n) is 2.72. The molecular formula is C16H18Cl2N2O4. The van der Waals surface area contributed by atoms with Crippen LogP contribution in [-0.2, 0) is 4.74 Å². The maximum Gasteiger partial charge on any atom is 0.407 e. The number of ether oxygens (including phenoxy) is 2. The van der Waals surface area contributed by atoms with Crippen LogP contribution >= 0.6 is 23.2 Å². The Bertz CT molecular complexity index is 690. The number of nitrogens with zero attached hydrogens (tertiary/aromatic N) is 1. The lowest BCUT2D eigenvalue weighted by atomic mass is 10.2. The number of benzene rings is 1. The van der Waals surface area contributed by atoms with E-state index in [1.807, 2.05) is 0 Å². The highest BCUT2D eigenvalue weighted by Crippen LogP contribution is 2.35. The maximum absolute atomic E-state index is 11.5. The molecule has 2 aromatic rings. The van der Waals surface area contributed by atoms with Crippen molar-refractivity contribution in [1.29, 1.82) is 0 Å². The maximum atomic E-state index is 11.5. The second kappa shape index (κ2) is 7.77. The predicted octanol–water partition coefficient (Wildman–Crippen LogP) is 4.55. The topological polar surface area (TPSA) is 73.6 Å². The van der Waals surface area contributed by atoms with E-state index < -0.39 is 11.7 Å². The zero-order valence-electron chi connectivity index (χ0n) is 13.6. The van der Waals surface area contributed by atoms with Gasteiger partial charge in [-0.2, -0.15) is 0 Å². The molecule has 0 unspecified atom stereocenters. The van der Waals surface area contributed by atoms with Crippen molar-refractivity contribution in [1.82, 2.24) is 10.5 Å². The van der Waals surface area contributed by atoms with E-state index in [1.165, 1.54) is 0 Å². The van der Waals surface area contributed by atoms with Crippen molar-refractivity contribution < 1.29 is 18.8 Å². The van der Waals surface area contributed by atoms with Gasteiger partial charge in [0.05, 0.1) is 22.2 Å². The predicted molar refractivity (Wildman–Crippen MR) is 91.7 cm³/mol. The summed E-state index contributed by atoms with van der Waals surface area (Å²) >= 11 is 12.2. The number of halogens is 2. The van der Waals surface area contributed by atoms with Gasteiger partial charge in [0.1, 0.15) is 12.2 Å². The van der Waals surface area contributed by atoms with Crippen LogP contribution in [0.4, 0.5) is 4.79 Å². The molecule has 0 aliphatic heterocycles. The van der Waals surface area contributed by atoms with Crippen LogP contribution < -0.4 is 10.1 Å². The SMILES string of the molecule is CC(C)(C)OC(=O)NCCOc1cc(-c2c(Cl)cccc2Cl)on1. The van der Waals surface area contributed by atoms with E-state index in [9.17, 15) is 4.79 Å². The van der Waals surface area contributed by atoms with Crippen LogP contribution in [0.1, 0.15) is 20.8 Å². The van der Waals surface area contributed by atoms with Crippen LogP contribution in [0.2, 0.25) is 10.0 Å². The van der Waals surface area contributed by atoms with Crippen LogP contribution in [0.25, 0.3) is 11.3 Å². The largest absolute Gasteiger partial charge is 0.474 e. The summed E-state index contributed by atoms with van der Waals surface area (Å²) in [6, 6.07) is 6.73. The highest BCUT2D eigenvalue weighted by atomic mass is 35.5. The molecule has 130 valence electrons. The molecule has 1 amide bonds. The molecule has 0 atom stereocenters. The Morgan fingerprint density at radius 1 is 1.29 bits per heavy atom. The van der Waals surface area contributed by atoms with Crippen molar-refractivity contribution in [3.8, 4) is 17.2 Å². The van der Waals surface area contributed by atoms with Gasteiger partial charge in [-0.3, -0.25) is 0 Å². The summed E-state index contributed by atoms with van der Waals surface area (Å²) in [6.45, 7) is 5.85. The molecule has 0 aliphatic carbocycles. The molecule has 1 N–H and O–H groups in total. The van der Waals surface area contributed by atoms with Crippen LogP contribution in [0, 0.1) is 0 Å². The van der Waals surface area contributed by atoms with Gasteiger partial charge in [-0.05, 0) is 38.1 Å². The van der Waals surface area contributed by atoms with Gasteiger partial charge in [0.25, 0.3) is 5.88 Å². The Labute approximate surface area is 150 Å². The minimum absolute atomic E-state index is 0.210. The van der Waals surface area contributed by atoms with E-state index in [0.717, 1.165) is 0 Å². The lowest BCUT2D eigenvalue weighted by molar-refractivity contribution is 0.0519. The number of nitrogens with one attached hydrogen (secondary N) is 1. The molecule has 0 radical (unpaired) electrons. The molecule has 0 spiro atoms. The summed E-state index contributed by atoms with van der Waals surface area (Å²) in [4.78, 5) is 11.5. The first-order valence-electron chi connectivity index (χ1n) is 7.27. The van der Waals surface area contributed by atoms with Gasteiger partial charge in [0.15, 0.2) is 5.76 Å².